The Hall–Kier alpha value is -1.09. The van der Waals surface area contributed by atoms with Gasteiger partial charge in [-0.25, -0.2) is 0 Å². The molecule has 1 heterocycles. The van der Waals surface area contributed by atoms with E-state index in [9.17, 15) is 4.79 Å². The minimum Gasteiger partial charge on any atom is -0.336 e. The molecule has 19 heavy (non-hydrogen) atoms. The van der Waals surface area contributed by atoms with Crippen molar-refractivity contribution in [2.24, 2.45) is 0 Å². The van der Waals surface area contributed by atoms with Crippen LogP contribution in [0.25, 0.3) is 0 Å². The van der Waals surface area contributed by atoms with Crippen LogP contribution in [0.4, 0.5) is 0 Å². The van der Waals surface area contributed by atoms with E-state index in [1.54, 1.807) is 0 Å². The molecule has 0 atom stereocenters. The zero-order valence-corrected chi connectivity index (χ0v) is 12.4. The molecule has 0 spiro atoms. The third-order valence-corrected chi connectivity index (χ3v) is 4.03. The predicted molar refractivity (Wildman–Crippen MR) is 77.7 cm³/mol. The van der Waals surface area contributed by atoms with Gasteiger partial charge in [0.05, 0.1) is 11.3 Å². The van der Waals surface area contributed by atoms with Gasteiger partial charge in [-0.2, -0.15) is 0 Å². The predicted octanol–water partition coefficient (Wildman–Crippen LogP) is 3.32. The van der Waals surface area contributed by atoms with Crippen molar-refractivity contribution in [3.8, 4) is 0 Å². The second-order valence-corrected chi connectivity index (χ2v) is 5.59. The first-order chi connectivity index (χ1) is 9.13. The van der Waals surface area contributed by atoms with Crippen molar-refractivity contribution in [3.05, 3.63) is 29.1 Å². The highest BCUT2D eigenvalue weighted by atomic mass is 35.5. The molecule has 1 aliphatic rings. The van der Waals surface area contributed by atoms with Gasteiger partial charge in [-0.1, -0.05) is 0 Å². The summed E-state index contributed by atoms with van der Waals surface area (Å²) < 4.78 is 0. The number of carbonyl (C=O) groups is 1. The summed E-state index contributed by atoms with van der Waals surface area (Å²) in [5, 5.41) is 0. The highest BCUT2D eigenvalue weighted by molar-refractivity contribution is 6.17. The van der Waals surface area contributed by atoms with Crippen molar-refractivity contribution < 1.29 is 4.79 Å². The molecule has 0 N–H and O–H groups in total. The van der Waals surface area contributed by atoms with Crippen molar-refractivity contribution in [1.82, 2.24) is 9.88 Å². The maximum Gasteiger partial charge on any atom is 0.255 e. The topological polar surface area (TPSA) is 33.2 Å². The molecule has 0 bridgehead atoms. The van der Waals surface area contributed by atoms with Crippen molar-refractivity contribution in [1.29, 1.82) is 0 Å². The third-order valence-electron chi connectivity index (χ3n) is 3.76. The lowest BCUT2D eigenvalue weighted by molar-refractivity contribution is 0.0579. The fraction of sp³-hybridized carbons (Fsp3) is 0.600. The monoisotopic (exact) mass is 280 g/mol. The van der Waals surface area contributed by atoms with E-state index in [1.807, 2.05) is 30.9 Å². The molecule has 1 aliphatic carbocycles. The highest BCUT2D eigenvalue weighted by Gasteiger charge is 2.29. The molecule has 0 aromatic carbocycles. The Balaban J connectivity index is 2.17. The Morgan fingerprint density at radius 3 is 2.68 bits per heavy atom. The van der Waals surface area contributed by atoms with E-state index in [1.165, 1.54) is 6.42 Å². The first-order valence-corrected chi connectivity index (χ1v) is 7.48. The molecule has 0 radical (unpaired) electrons. The Bertz CT molecular complexity index is 457. The summed E-state index contributed by atoms with van der Waals surface area (Å²) in [6.07, 6.45) is 4.31. The van der Waals surface area contributed by atoms with Gasteiger partial charge in [-0.15, -0.1) is 11.6 Å². The summed E-state index contributed by atoms with van der Waals surface area (Å²) in [7, 11) is 0. The summed E-state index contributed by atoms with van der Waals surface area (Å²) in [6, 6.07) is 4.20. The van der Waals surface area contributed by atoms with Crippen LogP contribution in [0.15, 0.2) is 12.1 Å². The first kappa shape index (κ1) is 14.3. The average Bonchev–Trinajstić information content (AvgIpc) is 2.31. The van der Waals surface area contributed by atoms with Gasteiger partial charge in [0, 0.05) is 24.2 Å². The quantitative estimate of drug-likeness (QED) is 0.775. The summed E-state index contributed by atoms with van der Waals surface area (Å²) in [4.78, 5) is 19.0. The number of nitrogens with zero attached hydrogens (tertiary/aromatic N) is 2. The van der Waals surface area contributed by atoms with Gasteiger partial charge in [0.1, 0.15) is 0 Å². The van der Waals surface area contributed by atoms with Gasteiger partial charge in [0.2, 0.25) is 0 Å². The molecular formula is C15H21ClN2O. The van der Waals surface area contributed by atoms with Crippen LogP contribution in [0.1, 0.15) is 47.4 Å². The smallest absolute Gasteiger partial charge is 0.255 e. The number of pyridine rings is 1. The van der Waals surface area contributed by atoms with Crippen LogP contribution in [-0.2, 0) is 0 Å². The van der Waals surface area contributed by atoms with E-state index >= 15 is 0 Å². The number of hydrogen-bond acceptors (Lipinski definition) is 2. The Kier molecular flexibility index (Phi) is 4.81. The Labute approximate surface area is 120 Å². The molecule has 0 aliphatic heterocycles. The molecule has 4 heteroatoms. The summed E-state index contributed by atoms with van der Waals surface area (Å²) in [5.41, 5.74) is 2.50. The zero-order chi connectivity index (χ0) is 13.8. The number of aryl methyl sites for hydroxylation is 2. The van der Waals surface area contributed by atoms with Gasteiger partial charge >= 0.3 is 0 Å². The fourth-order valence-electron chi connectivity index (χ4n) is 2.45. The largest absolute Gasteiger partial charge is 0.336 e. The number of rotatable bonds is 5. The molecule has 3 nitrogen and oxygen atoms in total. The Morgan fingerprint density at radius 1 is 1.42 bits per heavy atom. The molecular weight excluding hydrogens is 260 g/mol. The van der Waals surface area contributed by atoms with E-state index in [0.29, 0.717) is 11.9 Å². The zero-order valence-electron chi connectivity index (χ0n) is 11.7. The molecule has 2 rings (SSSR count). The fourth-order valence-corrected chi connectivity index (χ4v) is 2.57. The van der Waals surface area contributed by atoms with Crippen molar-refractivity contribution in [2.45, 2.75) is 45.6 Å². The number of amides is 1. The van der Waals surface area contributed by atoms with E-state index < -0.39 is 0 Å². The molecule has 1 saturated carbocycles. The van der Waals surface area contributed by atoms with Crippen LogP contribution in [0.5, 0.6) is 0 Å². The van der Waals surface area contributed by atoms with Crippen LogP contribution in [0.3, 0.4) is 0 Å². The molecule has 0 saturated heterocycles. The molecule has 104 valence electrons. The number of alkyl halides is 1. The molecule has 0 unspecified atom stereocenters. The van der Waals surface area contributed by atoms with Gasteiger partial charge in [-0.3, -0.25) is 9.78 Å². The van der Waals surface area contributed by atoms with Gasteiger partial charge in [-0.05, 0) is 51.7 Å². The lowest BCUT2D eigenvalue weighted by atomic mass is 9.90. The van der Waals surface area contributed by atoms with E-state index in [-0.39, 0.29) is 5.91 Å². The average molecular weight is 281 g/mol. The maximum atomic E-state index is 12.7. The van der Waals surface area contributed by atoms with Crippen LogP contribution in [0.2, 0.25) is 0 Å². The SMILES string of the molecule is Cc1ccc(C(=O)N(CCCCl)C2CCC2)c(C)n1. The van der Waals surface area contributed by atoms with E-state index in [0.717, 1.165) is 42.8 Å². The van der Waals surface area contributed by atoms with Gasteiger partial charge in [0.25, 0.3) is 5.91 Å². The van der Waals surface area contributed by atoms with Crippen LogP contribution < -0.4 is 0 Å². The van der Waals surface area contributed by atoms with Crippen LogP contribution in [-0.4, -0.2) is 34.3 Å². The second kappa shape index (κ2) is 6.38. The normalized spacial score (nSPS) is 15.1. The lowest BCUT2D eigenvalue weighted by Crippen LogP contribution is -2.45. The lowest BCUT2D eigenvalue weighted by Gasteiger charge is -2.37. The number of carbonyl (C=O) groups excluding carboxylic acids is 1. The second-order valence-electron chi connectivity index (χ2n) is 5.21. The number of halogens is 1. The summed E-state index contributed by atoms with van der Waals surface area (Å²) >= 11 is 5.76. The highest BCUT2D eigenvalue weighted by Crippen LogP contribution is 2.27. The summed E-state index contributed by atoms with van der Waals surface area (Å²) in [6.45, 7) is 4.60. The van der Waals surface area contributed by atoms with Crippen molar-refractivity contribution in [3.63, 3.8) is 0 Å². The van der Waals surface area contributed by atoms with Gasteiger partial charge < -0.3 is 4.90 Å². The molecule has 1 aromatic rings. The van der Waals surface area contributed by atoms with E-state index in [4.69, 9.17) is 11.6 Å². The summed E-state index contributed by atoms with van der Waals surface area (Å²) in [5.74, 6) is 0.710. The standard InChI is InChI=1S/C15H21ClN2O/c1-11-7-8-14(12(2)17-11)15(19)18(10-4-9-16)13-5-3-6-13/h7-8,13H,3-6,9-10H2,1-2H3. The van der Waals surface area contributed by atoms with E-state index in [2.05, 4.69) is 4.98 Å². The van der Waals surface area contributed by atoms with Crippen LogP contribution >= 0.6 is 11.6 Å². The minimum absolute atomic E-state index is 0.111. The molecule has 1 aromatic heterocycles. The van der Waals surface area contributed by atoms with Crippen molar-refractivity contribution >= 4 is 17.5 Å². The number of hydrogen-bond donors (Lipinski definition) is 0. The Morgan fingerprint density at radius 2 is 2.16 bits per heavy atom. The van der Waals surface area contributed by atoms with Crippen molar-refractivity contribution in [2.75, 3.05) is 12.4 Å². The minimum atomic E-state index is 0.111. The maximum absolute atomic E-state index is 12.7. The molecule has 1 amide bonds. The van der Waals surface area contributed by atoms with Gasteiger partial charge in [0.15, 0.2) is 0 Å². The third kappa shape index (κ3) is 3.27. The molecule has 1 fully saturated rings. The number of aromatic nitrogens is 1. The first-order valence-electron chi connectivity index (χ1n) is 6.94. The van der Waals surface area contributed by atoms with Crippen LogP contribution in [0, 0.1) is 13.8 Å².